The van der Waals surface area contributed by atoms with Gasteiger partial charge in [0, 0.05) is 13.8 Å². The van der Waals surface area contributed by atoms with E-state index in [1.165, 1.54) is 13.8 Å². The molecule has 0 heterocycles. The van der Waals surface area contributed by atoms with Crippen LogP contribution in [0.1, 0.15) is 13.8 Å². The van der Waals surface area contributed by atoms with Gasteiger partial charge in [0.2, 0.25) is 0 Å². The summed E-state index contributed by atoms with van der Waals surface area (Å²) < 4.78 is 8.26. The summed E-state index contributed by atoms with van der Waals surface area (Å²) in [6, 6.07) is 0. The molecule has 0 amide bonds. The summed E-state index contributed by atoms with van der Waals surface area (Å²) in [4.78, 5) is 19.5. The molecule has 0 aliphatic heterocycles. The molecule has 0 aromatic carbocycles. The summed E-state index contributed by atoms with van der Waals surface area (Å²) in [5.41, 5.74) is 0. The summed E-state index contributed by atoms with van der Waals surface area (Å²) in [7, 11) is 0. The number of carbonyl (C=O) groups is 2. The van der Waals surface area contributed by atoms with Gasteiger partial charge in [-0.2, -0.15) is 0 Å². The van der Waals surface area contributed by atoms with Crippen LogP contribution in [-0.4, -0.2) is 42.2 Å². The quantitative estimate of drug-likeness (QED) is 0.444. The molecule has 2 N–H and O–H groups in total. The van der Waals surface area contributed by atoms with Crippen LogP contribution < -0.4 is 0 Å². The fourth-order valence-electron chi connectivity index (χ4n) is 0.280. The van der Waals surface area contributed by atoms with Crippen molar-refractivity contribution in [2.75, 3.05) is 20.0 Å². The van der Waals surface area contributed by atoms with Crippen LogP contribution in [0.25, 0.3) is 0 Å². The van der Waals surface area contributed by atoms with E-state index in [1.54, 1.807) is 0 Å². The molecule has 0 saturated heterocycles. The Bertz CT molecular complexity index is 144. The number of esters is 2. The van der Waals surface area contributed by atoms with Gasteiger partial charge in [0.15, 0.2) is 6.79 Å². The number of aliphatic hydroxyl groups excluding tert-OH is 2. The molecule has 0 aromatic rings. The van der Waals surface area contributed by atoms with E-state index in [0.717, 1.165) is 0 Å². The van der Waals surface area contributed by atoms with Crippen molar-refractivity contribution in [3.63, 3.8) is 0 Å². The number of ether oxygens (including phenoxy) is 2. The van der Waals surface area contributed by atoms with Crippen LogP contribution in [-0.2, 0) is 19.1 Å². The fourth-order valence-corrected chi connectivity index (χ4v) is 0.280. The molecule has 6 nitrogen and oxygen atoms in total. The van der Waals surface area contributed by atoms with Crippen LogP contribution in [0, 0.1) is 0 Å². The van der Waals surface area contributed by atoms with Gasteiger partial charge in [-0.25, -0.2) is 0 Å². The van der Waals surface area contributed by atoms with E-state index in [1.807, 2.05) is 0 Å². The van der Waals surface area contributed by atoms with E-state index >= 15 is 0 Å². The van der Waals surface area contributed by atoms with Gasteiger partial charge in [-0.3, -0.25) is 9.59 Å². The highest BCUT2D eigenvalue weighted by molar-refractivity contribution is 5.66. The van der Waals surface area contributed by atoms with Crippen molar-refractivity contribution >= 4 is 11.9 Å². The van der Waals surface area contributed by atoms with Crippen LogP contribution in [0.5, 0.6) is 0 Å². The molecule has 0 atom stereocenters. The maximum Gasteiger partial charge on any atom is 0.304 e. The lowest BCUT2D eigenvalue weighted by molar-refractivity contribution is -0.149. The topological polar surface area (TPSA) is 93.1 Å². The third kappa shape index (κ3) is 24.8. The van der Waals surface area contributed by atoms with Gasteiger partial charge in [0.1, 0.15) is 6.61 Å². The first kappa shape index (κ1) is 14.4. The fraction of sp³-hybridized carbons (Fsp3) is 0.714. The minimum atomic E-state index is -0.519. The zero-order valence-electron chi connectivity index (χ0n) is 7.65. The standard InChI is InChI=1S/C4H8O3.C3H6O3/c1-4(6)7-3-2-5;1-3(5)6-2-4/h5H,2-3H2,1H3;4H,2H2,1H3. The maximum absolute atomic E-state index is 9.87. The molecule has 0 radical (unpaired) electrons. The number of hydrogen-bond acceptors (Lipinski definition) is 6. The van der Waals surface area contributed by atoms with Crippen molar-refractivity contribution in [3.8, 4) is 0 Å². The Labute approximate surface area is 76.1 Å². The van der Waals surface area contributed by atoms with Gasteiger partial charge in [-0.1, -0.05) is 0 Å². The molecule has 0 spiro atoms. The highest BCUT2D eigenvalue weighted by Gasteiger charge is 1.86. The Morgan fingerprint density at radius 2 is 1.54 bits per heavy atom. The van der Waals surface area contributed by atoms with Crippen LogP contribution >= 0.6 is 0 Å². The van der Waals surface area contributed by atoms with Crippen molar-refractivity contribution in [2.45, 2.75) is 13.8 Å². The third-order valence-corrected chi connectivity index (χ3v) is 0.664. The summed E-state index contributed by atoms with van der Waals surface area (Å²) >= 11 is 0. The molecular formula is C7H14O6. The molecule has 0 aliphatic rings. The Hall–Kier alpha value is -1.14. The normalized spacial score (nSPS) is 8.00. The van der Waals surface area contributed by atoms with Crippen molar-refractivity contribution in [2.24, 2.45) is 0 Å². The van der Waals surface area contributed by atoms with E-state index in [9.17, 15) is 9.59 Å². The molecule has 6 heteroatoms. The minimum Gasteiger partial charge on any atom is -0.463 e. The first-order chi connectivity index (χ1) is 6.04. The largest absolute Gasteiger partial charge is 0.463 e. The molecule has 13 heavy (non-hydrogen) atoms. The Kier molecular flexibility index (Phi) is 12.0. The zero-order chi connectivity index (χ0) is 10.7. The van der Waals surface area contributed by atoms with Gasteiger partial charge in [-0.15, -0.1) is 0 Å². The van der Waals surface area contributed by atoms with Crippen LogP contribution in [0.15, 0.2) is 0 Å². The van der Waals surface area contributed by atoms with E-state index in [-0.39, 0.29) is 19.2 Å². The Morgan fingerprint density at radius 1 is 1.08 bits per heavy atom. The summed E-state index contributed by atoms with van der Waals surface area (Å²) in [6.07, 6.45) is 0. The molecule has 0 fully saturated rings. The highest BCUT2D eigenvalue weighted by atomic mass is 16.6. The van der Waals surface area contributed by atoms with E-state index in [0.29, 0.717) is 0 Å². The minimum absolute atomic E-state index is 0.0976. The van der Waals surface area contributed by atoms with Gasteiger partial charge in [0.25, 0.3) is 0 Å². The van der Waals surface area contributed by atoms with Crippen LogP contribution in [0.4, 0.5) is 0 Å². The monoisotopic (exact) mass is 194 g/mol. The van der Waals surface area contributed by atoms with Gasteiger partial charge >= 0.3 is 11.9 Å². The van der Waals surface area contributed by atoms with Crippen molar-refractivity contribution in [1.29, 1.82) is 0 Å². The van der Waals surface area contributed by atoms with E-state index < -0.39 is 12.8 Å². The van der Waals surface area contributed by atoms with Crippen LogP contribution in [0.3, 0.4) is 0 Å². The first-order valence-corrected chi connectivity index (χ1v) is 3.53. The van der Waals surface area contributed by atoms with Crippen molar-refractivity contribution in [1.82, 2.24) is 0 Å². The highest BCUT2D eigenvalue weighted by Crippen LogP contribution is 1.71. The second kappa shape index (κ2) is 10.9. The smallest absolute Gasteiger partial charge is 0.304 e. The lowest BCUT2D eigenvalue weighted by Gasteiger charge is -1.93. The van der Waals surface area contributed by atoms with E-state index in [2.05, 4.69) is 9.47 Å². The Balaban J connectivity index is 0. The molecular weight excluding hydrogens is 180 g/mol. The molecule has 0 saturated carbocycles. The van der Waals surface area contributed by atoms with Gasteiger partial charge in [0.05, 0.1) is 6.61 Å². The molecule has 0 rings (SSSR count). The molecule has 0 unspecified atom stereocenters. The maximum atomic E-state index is 9.87. The van der Waals surface area contributed by atoms with Gasteiger partial charge < -0.3 is 19.7 Å². The predicted molar refractivity (Wildman–Crippen MR) is 42.6 cm³/mol. The summed E-state index contributed by atoms with van der Waals surface area (Å²) in [5.74, 6) is -0.813. The average molecular weight is 194 g/mol. The molecule has 0 aromatic heterocycles. The number of aliphatic hydroxyl groups is 2. The third-order valence-electron chi connectivity index (χ3n) is 0.664. The second-order valence-electron chi connectivity index (χ2n) is 1.83. The van der Waals surface area contributed by atoms with Crippen LogP contribution in [0.2, 0.25) is 0 Å². The predicted octanol–water partition coefficient (Wildman–Crippen LogP) is -0.959. The number of carbonyl (C=O) groups excluding carboxylic acids is 2. The summed E-state index contributed by atoms with van der Waals surface area (Å²) in [6.45, 7) is 2.02. The average Bonchev–Trinajstić information content (AvgIpc) is 2.01. The van der Waals surface area contributed by atoms with Gasteiger partial charge in [-0.05, 0) is 0 Å². The van der Waals surface area contributed by atoms with Crippen molar-refractivity contribution in [3.05, 3.63) is 0 Å². The SMILES string of the molecule is CC(=O)OCCO.CC(=O)OCO. The van der Waals surface area contributed by atoms with Crippen molar-refractivity contribution < 1.29 is 29.3 Å². The molecule has 0 aliphatic carbocycles. The first-order valence-electron chi connectivity index (χ1n) is 3.53. The summed E-state index contributed by atoms with van der Waals surface area (Å²) in [5, 5.41) is 15.8. The zero-order valence-corrected chi connectivity index (χ0v) is 7.65. The molecule has 78 valence electrons. The molecule has 0 bridgehead atoms. The lowest BCUT2D eigenvalue weighted by atomic mass is 10.7. The second-order valence-corrected chi connectivity index (χ2v) is 1.83. The lowest BCUT2D eigenvalue weighted by Crippen LogP contribution is -2.03. The number of rotatable bonds is 3. The van der Waals surface area contributed by atoms with E-state index in [4.69, 9.17) is 10.2 Å². The number of hydrogen-bond donors (Lipinski definition) is 2. The Morgan fingerprint density at radius 3 is 1.62 bits per heavy atom.